The molecule has 0 spiro atoms. The third-order valence-corrected chi connectivity index (χ3v) is 3.40. The highest BCUT2D eigenvalue weighted by Crippen LogP contribution is 2.14. The molecular formula is C16H28N2O2. The van der Waals surface area contributed by atoms with Crippen molar-refractivity contribution >= 4 is 5.97 Å². The molecule has 0 bridgehead atoms. The van der Waals surface area contributed by atoms with E-state index < -0.39 is 0 Å². The zero-order valence-corrected chi connectivity index (χ0v) is 13.0. The van der Waals surface area contributed by atoms with Crippen LogP contribution in [0.15, 0.2) is 18.3 Å². The van der Waals surface area contributed by atoms with E-state index in [0.717, 1.165) is 32.4 Å². The first-order chi connectivity index (χ1) is 9.69. The van der Waals surface area contributed by atoms with E-state index in [4.69, 9.17) is 4.74 Å². The van der Waals surface area contributed by atoms with Crippen LogP contribution < -0.4 is 5.32 Å². The number of nitrogens with zero attached hydrogens (tertiary/aromatic N) is 1. The Balaban J connectivity index is 2.25. The molecule has 114 valence electrons. The quantitative estimate of drug-likeness (QED) is 0.528. The summed E-state index contributed by atoms with van der Waals surface area (Å²) in [5.74, 6) is -0.0741. The van der Waals surface area contributed by atoms with E-state index in [-0.39, 0.29) is 5.97 Å². The number of ether oxygens (including phenoxy) is 1. The lowest BCUT2D eigenvalue weighted by molar-refractivity contribution is -0.143. The maximum Gasteiger partial charge on any atom is 0.305 e. The molecule has 0 aliphatic rings. The summed E-state index contributed by atoms with van der Waals surface area (Å²) in [6.45, 7) is 8.63. The highest BCUT2D eigenvalue weighted by molar-refractivity contribution is 5.69. The van der Waals surface area contributed by atoms with Gasteiger partial charge in [-0.1, -0.05) is 13.3 Å². The van der Waals surface area contributed by atoms with Gasteiger partial charge in [0.2, 0.25) is 0 Å². The predicted octanol–water partition coefficient (Wildman–Crippen LogP) is 3.28. The SMILES string of the molecule is CCNC(C)c1cccn1CCCCCC(=O)OCC. The molecule has 1 heterocycles. The maximum absolute atomic E-state index is 11.2. The van der Waals surface area contributed by atoms with Crippen LogP contribution in [-0.2, 0) is 16.1 Å². The van der Waals surface area contributed by atoms with Crippen molar-refractivity contribution < 1.29 is 9.53 Å². The molecule has 1 aromatic rings. The van der Waals surface area contributed by atoms with Gasteiger partial charge in [0.15, 0.2) is 0 Å². The van der Waals surface area contributed by atoms with Crippen molar-refractivity contribution in [3.63, 3.8) is 0 Å². The summed E-state index contributed by atoms with van der Waals surface area (Å²) in [5, 5.41) is 3.44. The first-order valence-electron chi connectivity index (χ1n) is 7.73. The molecule has 1 N–H and O–H groups in total. The molecule has 0 aromatic carbocycles. The van der Waals surface area contributed by atoms with Crippen LogP contribution in [0.1, 0.15) is 58.2 Å². The number of esters is 1. The second kappa shape index (κ2) is 9.59. The molecule has 0 aliphatic heterocycles. The average Bonchev–Trinajstić information content (AvgIpc) is 2.87. The first kappa shape index (κ1) is 16.8. The summed E-state index contributed by atoms with van der Waals surface area (Å²) in [7, 11) is 0. The second-order valence-electron chi connectivity index (χ2n) is 5.02. The molecule has 1 aromatic heterocycles. The van der Waals surface area contributed by atoms with Gasteiger partial charge < -0.3 is 14.6 Å². The van der Waals surface area contributed by atoms with Crippen LogP contribution in [0.4, 0.5) is 0 Å². The molecule has 0 saturated heterocycles. The Hall–Kier alpha value is -1.29. The zero-order valence-electron chi connectivity index (χ0n) is 13.0. The lowest BCUT2D eigenvalue weighted by Crippen LogP contribution is -2.20. The smallest absolute Gasteiger partial charge is 0.305 e. The van der Waals surface area contributed by atoms with E-state index in [2.05, 4.69) is 42.1 Å². The summed E-state index contributed by atoms with van der Waals surface area (Å²) in [6, 6.07) is 4.66. The minimum absolute atomic E-state index is 0.0741. The van der Waals surface area contributed by atoms with Gasteiger partial charge in [-0.2, -0.15) is 0 Å². The van der Waals surface area contributed by atoms with Crippen molar-refractivity contribution in [1.82, 2.24) is 9.88 Å². The fourth-order valence-corrected chi connectivity index (χ4v) is 2.40. The number of carbonyl (C=O) groups excluding carboxylic acids is 1. The van der Waals surface area contributed by atoms with Crippen molar-refractivity contribution in [2.75, 3.05) is 13.2 Å². The topological polar surface area (TPSA) is 43.3 Å². The highest BCUT2D eigenvalue weighted by Gasteiger charge is 2.08. The highest BCUT2D eigenvalue weighted by atomic mass is 16.5. The summed E-state index contributed by atoms with van der Waals surface area (Å²) in [4.78, 5) is 11.2. The van der Waals surface area contributed by atoms with Crippen LogP contribution in [0, 0.1) is 0 Å². The van der Waals surface area contributed by atoms with Crippen molar-refractivity contribution in [3.8, 4) is 0 Å². The minimum Gasteiger partial charge on any atom is -0.466 e. The van der Waals surface area contributed by atoms with Gasteiger partial charge in [0.1, 0.15) is 0 Å². The Bertz CT molecular complexity index is 388. The zero-order chi connectivity index (χ0) is 14.8. The summed E-state index contributed by atoms with van der Waals surface area (Å²) in [6.07, 6.45) is 5.75. The molecule has 0 fully saturated rings. The monoisotopic (exact) mass is 280 g/mol. The fraction of sp³-hybridized carbons (Fsp3) is 0.688. The van der Waals surface area contributed by atoms with E-state index in [0.29, 0.717) is 19.1 Å². The summed E-state index contributed by atoms with van der Waals surface area (Å²) < 4.78 is 7.22. The normalized spacial score (nSPS) is 12.3. The second-order valence-corrected chi connectivity index (χ2v) is 5.02. The number of unbranched alkanes of at least 4 members (excludes halogenated alkanes) is 2. The Morgan fingerprint density at radius 2 is 2.15 bits per heavy atom. The third kappa shape index (κ3) is 5.78. The van der Waals surface area contributed by atoms with Crippen LogP contribution in [0.25, 0.3) is 0 Å². The van der Waals surface area contributed by atoms with Crippen molar-refractivity contribution in [2.24, 2.45) is 0 Å². The van der Waals surface area contributed by atoms with Crippen LogP contribution in [0.2, 0.25) is 0 Å². The predicted molar refractivity (Wildman–Crippen MR) is 81.6 cm³/mol. The van der Waals surface area contributed by atoms with E-state index >= 15 is 0 Å². The van der Waals surface area contributed by atoms with Gasteiger partial charge in [-0.25, -0.2) is 0 Å². The van der Waals surface area contributed by atoms with Gasteiger partial charge in [-0.05, 0) is 45.4 Å². The number of hydrogen-bond acceptors (Lipinski definition) is 3. The van der Waals surface area contributed by atoms with E-state index in [1.165, 1.54) is 5.69 Å². The van der Waals surface area contributed by atoms with Gasteiger partial charge in [0, 0.05) is 30.9 Å². The first-order valence-corrected chi connectivity index (χ1v) is 7.73. The summed E-state index contributed by atoms with van der Waals surface area (Å²) >= 11 is 0. The largest absolute Gasteiger partial charge is 0.466 e. The minimum atomic E-state index is -0.0741. The molecule has 1 atom stereocenters. The van der Waals surface area contributed by atoms with Crippen LogP contribution in [-0.4, -0.2) is 23.7 Å². The van der Waals surface area contributed by atoms with Gasteiger partial charge >= 0.3 is 5.97 Å². The maximum atomic E-state index is 11.2. The lowest BCUT2D eigenvalue weighted by atomic mass is 10.2. The van der Waals surface area contributed by atoms with Crippen molar-refractivity contribution in [2.45, 2.75) is 59.0 Å². The van der Waals surface area contributed by atoms with E-state index in [1.54, 1.807) is 0 Å². The molecule has 4 heteroatoms. The Morgan fingerprint density at radius 3 is 2.85 bits per heavy atom. The Labute approximate surface area is 122 Å². The van der Waals surface area contributed by atoms with Crippen molar-refractivity contribution in [3.05, 3.63) is 24.0 Å². The molecule has 1 unspecified atom stereocenters. The number of aromatic nitrogens is 1. The van der Waals surface area contributed by atoms with Gasteiger partial charge in [0.05, 0.1) is 6.61 Å². The standard InChI is InChI=1S/C16H28N2O2/c1-4-17-14(3)15-10-9-13-18(15)12-8-6-7-11-16(19)20-5-2/h9-10,13-14,17H,4-8,11-12H2,1-3H3. The lowest BCUT2D eigenvalue weighted by Gasteiger charge is -2.16. The van der Waals surface area contributed by atoms with Gasteiger partial charge in [-0.3, -0.25) is 4.79 Å². The van der Waals surface area contributed by atoms with E-state index in [9.17, 15) is 4.79 Å². The van der Waals surface area contributed by atoms with Crippen molar-refractivity contribution in [1.29, 1.82) is 0 Å². The third-order valence-electron chi connectivity index (χ3n) is 3.40. The van der Waals surface area contributed by atoms with Gasteiger partial charge in [0.25, 0.3) is 0 Å². The number of carbonyl (C=O) groups is 1. The molecule has 0 radical (unpaired) electrons. The van der Waals surface area contributed by atoms with Crippen LogP contribution in [0.5, 0.6) is 0 Å². The van der Waals surface area contributed by atoms with Crippen LogP contribution in [0.3, 0.4) is 0 Å². The molecule has 20 heavy (non-hydrogen) atoms. The fourth-order valence-electron chi connectivity index (χ4n) is 2.40. The van der Waals surface area contributed by atoms with Crippen LogP contribution >= 0.6 is 0 Å². The number of aryl methyl sites for hydroxylation is 1. The Morgan fingerprint density at radius 1 is 1.35 bits per heavy atom. The number of hydrogen-bond donors (Lipinski definition) is 1. The molecule has 0 saturated carbocycles. The summed E-state index contributed by atoms with van der Waals surface area (Å²) in [5.41, 5.74) is 1.33. The average molecular weight is 280 g/mol. The molecule has 1 rings (SSSR count). The molecular weight excluding hydrogens is 252 g/mol. The molecule has 0 aliphatic carbocycles. The molecule has 4 nitrogen and oxygen atoms in total. The van der Waals surface area contributed by atoms with Gasteiger partial charge in [-0.15, -0.1) is 0 Å². The van der Waals surface area contributed by atoms with E-state index in [1.807, 2.05) is 6.92 Å². The number of nitrogens with one attached hydrogen (secondary N) is 1. The number of rotatable bonds is 10. The Kier molecular flexibility index (Phi) is 8.04. The molecule has 0 amide bonds.